The van der Waals surface area contributed by atoms with Gasteiger partial charge in [0.25, 0.3) is 0 Å². The Morgan fingerprint density at radius 1 is 1.17 bits per heavy atom. The highest BCUT2D eigenvalue weighted by Crippen LogP contribution is 2.38. The third-order valence-electron chi connectivity index (χ3n) is 3.42. The number of sulfone groups is 1. The van der Waals surface area contributed by atoms with Crippen molar-refractivity contribution in [3.63, 3.8) is 0 Å². The van der Waals surface area contributed by atoms with Gasteiger partial charge in [0.2, 0.25) is 0 Å². The summed E-state index contributed by atoms with van der Waals surface area (Å²) in [5.74, 6) is -0.705. The van der Waals surface area contributed by atoms with Crippen LogP contribution in [-0.2, 0) is 16.0 Å². The van der Waals surface area contributed by atoms with E-state index in [-0.39, 0.29) is 19.0 Å². The summed E-state index contributed by atoms with van der Waals surface area (Å²) < 4.78 is 105. The fraction of sp³-hybridized carbons (Fsp3) is 0.538. The third-order valence-corrected chi connectivity index (χ3v) is 5.67. The Bertz CT molecular complexity index is 693. The van der Waals surface area contributed by atoms with Crippen molar-refractivity contribution in [1.82, 2.24) is 5.32 Å². The van der Waals surface area contributed by atoms with Crippen molar-refractivity contribution in [1.29, 1.82) is 0 Å². The van der Waals surface area contributed by atoms with Crippen molar-refractivity contribution >= 4 is 9.84 Å². The molecule has 11 heteroatoms. The van der Waals surface area contributed by atoms with E-state index < -0.39 is 50.3 Å². The van der Waals surface area contributed by atoms with Crippen molar-refractivity contribution in [2.45, 2.75) is 28.9 Å². The summed E-state index contributed by atoms with van der Waals surface area (Å²) >= 11 is 0. The number of benzene rings is 1. The monoisotopic (exact) mass is 377 g/mol. The first-order valence-electron chi connectivity index (χ1n) is 6.77. The lowest BCUT2D eigenvalue weighted by molar-refractivity contribution is -0.153. The standard InChI is InChI=1S/C13H13F6NO3S/c14-12(15,16)7-23-8-1-2-11(10(5-8)13(17,18)19)24(21,22)9-3-4-20-6-9/h1-2,5,9,20H,3-4,6-7H2. The summed E-state index contributed by atoms with van der Waals surface area (Å²) in [6, 6.07) is 1.71. The van der Waals surface area contributed by atoms with E-state index in [1.807, 2.05) is 0 Å². The van der Waals surface area contributed by atoms with Gasteiger partial charge in [-0.3, -0.25) is 0 Å². The zero-order chi connectivity index (χ0) is 18.2. The topological polar surface area (TPSA) is 55.4 Å². The lowest BCUT2D eigenvalue weighted by atomic mass is 10.2. The van der Waals surface area contributed by atoms with Crippen LogP contribution in [0.15, 0.2) is 23.1 Å². The molecule has 1 aromatic rings. The highest BCUT2D eigenvalue weighted by atomic mass is 32.2. The average molecular weight is 377 g/mol. The predicted octanol–water partition coefficient (Wildman–Crippen LogP) is 2.78. The number of nitrogens with one attached hydrogen (secondary N) is 1. The quantitative estimate of drug-likeness (QED) is 0.820. The molecule has 1 N–H and O–H groups in total. The van der Waals surface area contributed by atoms with Crippen molar-refractivity contribution < 1.29 is 39.5 Å². The van der Waals surface area contributed by atoms with Crippen LogP contribution in [0.2, 0.25) is 0 Å². The van der Waals surface area contributed by atoms with Gasteiger partial charge in [-0.2, -0.15) is 26.3 Å². The van der Waals surface area contributed by atoms with Crippen molar-refractivity contribution in [2.24, 2.45) is 0 Å². The van der Waals surface area contributed by atoms with E-state index in [4.69, 9.17) is 0 Å². The number of rotatable bonds is 4. The van der Waals surface area contributed by atoms with Gasteiger partial charge in [0.05, 0.1) is 15.7 Å². The Balaban J connectivity index is 2.41. The van der Waals surface area contributed by atoms with Gasteiger partial charge in [-0.25, -0.2) is 8.42 Å². The zero-order valence-electron chi connectivity index (χ0n) is 12.0. The van der Waals surface area contributed by atoms with Crippen molar-refractivity contribution in [3.8, 4) is 5.75 Å². The van der Waals surface area contributed by atoms with Crippen molar-refractivity contribution in [3.05, 3.63) is 23.8 Å². The first kappa shape index (κ1) is 18.8. The normalized spacial score (nSPS) is 19.5. The van der Waals surface area contributed by atoms with E-state index in [1.54, 1.807) is 0 Å². The maximum Gasteiger partial charge on any atom is 0.422 e. The van der Waals surface area contributed by atoms with Crippen LogP contribution in [0.25, 0.3) is 0 Å². The lowest BCUT2D eigenvalue weighted by Crippen LogP contribution is -2.26. The van der Waals surface area contributed by atoms with Gasteiger partial charge in [-0.15, -0.1) is 0 Å². The summed E-state index contributed by atoms with van der Waals surface area (Å²) in [5, 5.41) is 1.73. The molecule has 1 aromatic carbocycles. The number of alkyl halides is 6. The van der Waals surface area contributed by atoms with E-state index in [1.165, 1.54) is 0 Å². The minimum atomic E-state index is -5.05. The second-order valence-electron chi connectivity index (χ2n) is 5.22. The first-order chi connectivity index (χ1) is 10.9. The minimum Gasteiger partial charge on any atom is -0.484 e. The second-order valence-corrected chi connectivity index (χ2v) is 7.42. The largest absolute Gasteiger partial charge is 0.484 e. The lowest BCUT2D eigenvalue weighted by Gasteiger charge is -2.18. The number of halogens is 6. The molecule has 0 aromatic heterocycles. The molecule has 24 heavy (non-hydrogen) atoms. The average Bonchev–Trinajstić information content (AvgIpc) is 2.98. The fourth-order valence-electron chi connectivity index (χ4n) is 2.31. The van der Waals surface area contributed by atoms with E-state index in [0.29, 0.717) is 12.6 Å². The molecule has 1 aliphatic rings. The molecule has 0 amide bonds. The van der Waals surface area contributed by atoms with E-state index >= 15 is 0 Å². The fourth-order valence-corrected chi connectivity index (χ4v) is 4.17. The molecule has 0 aliphatic carbocycles. The van der Waals surface area contributed by atoms with E-state index in [2.05, 4.69) is 10.1 Å². The number of hydrogen-bond acceptors (Lipinski definition) is 4. The molecule has 4 nitrogen and oxygen atoms in total. The highest BCUT2D eigenvalue weighted by molar-refractivity contribution is 7.92. The molecule has 1 fully saturated rings. The van der Waals surface area contributed by atoms with Crippen molar-refractivity contribution in [2.75, 3.05) is 19.7 Å². The maximum absolute atomic E-state index is 13.2. The van der Waals surface area contributed by atoms with E-state index in [9.17, 15) is 34.8 Å². The molecule has 1 saturated heterocycles. The Kier molecular flexibility index (Phi) is 5.05. The van der Waals surface area contributed by atoms with Crippen LogP contribution in [0.5, 0.6) is 5.75 Å². The molecule has 0 spiro atoms. The molecule has 1 unspecified atom stereocenters. The molecule has 2 rings (SSSR count). The zero-order valence-corrected chi connectivity index (χ0v) is 12.9. The number of hydrogen-bond donors (Lipinski definition) is 1. The predicted molar refractivity (Wildman–Crippen MR) is 71.5 cm³/mol. The Morgan fingerprint density at radius 3 is 2.33 bits per heavy atom. The second kappa shape index (κ2) is 6.43. The van der Waals surface area contributed by atoms with Crippen LogP contribution >= 0.6 is 0 Å². The summed E-state index contributed by atoms with van der Waals surface area (Å²) in [5.41, 5.74) is -1.53. The van der Waals surface area contributed by atoms with Gasteiger partial charge in [0.1, 0.15) is 5.75 Å². The summed E-state index contributed by atoms with van der Waals surface area (Å²) in [6.45, 7) is -1.40. The molecular formula is C13H13F6NO3S. The van der Waals surface area contributed by atoms with E-state index in [0.717, 1.165) is 6.07 Å². The molecular weight excluding hydrogens is 364 g/mol. The molecule has 0 radical (unpaired) electrons. The summed E-state index contributed by atoms with van der Waals surface area (Å²) in [4.78, 5) is -0.956. The maximum atomic E-state index is 13.2. The molecule has 1 atom stereocenters. The van der Waals surface area contributed by atoms with Gasteiger partial charge in [-0.1, -0.05) is 0 Å². The van der Waals surface area contributed by atoms with Gasteiger partial charge < -0.3 is 10.1 Å². The van der Waals surface area contributed by atoms with Gasteiger partial charge in [0, 0.05) is 6.54 Å². The van der Waals surface area contributed by atoms with Crippen LogP contribution < -0.4 is 10.1 Å². The smallest absolute Gasteiger partial charge is 0.422 e. The Labute approximate surface area is 133 Å². The van der Waals surface area contributed by atoms with Crippen LogP contribution in [0.3, 0.4) is 0 Å². The first-order valence-corrected chi connectivity index (χ1v) is 8.31. The van der Waals surface area contributed by atoms with Crippen LogP contribution in [0.1, 0.15) is 12.0 Å². The van der Waals surface area contributed by atoms with Crippen LogP contribution in [0.4, 0.5) is 26.3 Å². The van der Waals surface area contributed by atoms with Crippen LogP contribution in [-0.4, -0.2) is 39.5 Å². The molecule has 0 saturated carbocycles. The molecule has 1 heterocycles. The number of ether oxygens (including phenoxy) is 1. The molecule has 0 bridgehead atoms. The Morgan fingerprint density at radius 2 is 1.83 bits per heavy atom. The molecule has 1 aliphatic heterocycles. The van der Waals surface area contributed by atoms with Gasteiger partial charge >= 0.3 is 12.4 Å². The van der Waals surface area contributed by atoms with Gasteiger partial charge in [0.15, 0.2) is 16.4 Å². The third kappa shape index (κ3) is 4.32. The summed E-state index contributed by atoms with van der Waals surface area (Å²) in [7, 11) is -4.27. The minimum absolute atomic E-state index is 0.0198. The Hall–Kier alpha value is -1.49. The highest BCUT2D eigenvalue weighted by Gasteiger charge is 2.41. The SMILES string of the molecule is O=S(=O)(c1ccc(OCC(F)(F)F)cc1C(F)(F)F)C1CCNC1. The summed E-state index contributed by atoms with van der Waals surface area (Å²) in [6.07, 6.45) is -9.61. The van der Waals surface area contributed by atoms with Gasteiger partial charge in [-0.05, 0) is 31.2 Å². The van der Waals surface area contributed by atoms with Crippen LogP contribution in [0, 0.1) is 0 Å². The molecule has 136 valence electrons.